The van der Waals surface area contributed by atoms with Crippen molar-refractivity contribution in [3.63, 3.8) is 0 Å². The van der Waals surface area contributed by atoms with Crippen LogP contribution in [0.4, 0.5) is 0 Å². The highest BCUT2D eigenvalue weighted by molar-refractivity contribution is 7.12. The number of carbonyl (C=O) groups is 1. The minimum atomic E-state index is -0.195. The quantitative estimate of drug-likeness (QED) is 0.810. The van der Waals surface area contributed by atoms with Crippen molar-refractivity contribution in [1.82, 2.24) is 4.90 Å². The van der Waals surface area contributed by atoms with Crippen molar-refractivity contribution in [2.75, 3.05) is 26.8 Å². The number of ether oxygens (including phenoxy) is 1. The van der Waals surface area contributed by atoms with Crippen LogP contribution in [0, 0.1) is 11.8 Å². The summed E-state index contributed by atoms with van der Waals surface area (Å²) in [7, 11) is 1.67. The Balaban J connectivity index is 2.12. The zero-order chi connectivity index (χ0) is 13.0. The van der Waals surface area contributed by atoms with Gasteiger partial charge in [-0.25, -0.2) is 0 Å². The highest BCUT2D eigenvalue weighted by atomic mass is 32.1. The lowest BCUT2D eigenvalue weighted by atomic mass is 10.2. The highest BCUT2D eigenvalue weighted by Gasteiger charge is 2.28. The summed E-state index contributed by atoms with van der Waals surface area (Å²) in [5.74, 6) is 5.38. The monoisotopic (exact) mass is 265 g/mol. The lowest BCUT2D eigenvalue weighted by Gasteiger charge is -2.15. The number of rotatable bonds is 2. The molecular weight excluding hydrogens is 250 g/mol. The van der Waals surface area contributed by atoms with Crippen LogP contribution in [-0.4, -0.2) is 48.8 Å². The molecule has 0 saturated carbocycles. The molecule has 1 aromatic heterocycles. The summed E-state index contributed by atoms with van der Waals surface area (Å²) < 4.78 is 5.25. The fourth-order valence-corrected chi connectivity index (χ4v) is 2.77. The number of aliphatic hydroxyl groups is 1. The molecule has 1 N–H and O–H groups in total. The number of aliphatic hydroxyl groups excluding tert-OH is 1. The maximum atomic E-state index is 12.3. The van der Waals surface area contributed by atoms with Crippen LogP contribution in [0.25, 0.3) is 0 Å². The second kappa shape index (κ2) is 6.01. The molecular formula is C13H15NO3S. The van der Waals surface area contributed by atoms with E-state index in [-0.39, 0.29) is 18.6 Å². The third kappa shape index (κ3) is 2.72. The summed E-state index contributed by atoms with van der Waals surface area (Å²) in [6.45, 7) is 1.17. The molecule has 1 unspecified atom stereocenters. The van der Waals surface area contributed by atoms with E-state index >= 15 is 0 Å². The van der Waals surface area contributed by atoms with Crippen molar-refractivity contribution in [3.8, 4) is 11.8 Å². The Morgan fingerprint density at radius 3 is 3.22 bits per heavy atom. The molecule has 0 bridgehead atoms. The largest absolute Gasteiger partial charge is 0.384 e. The Morgan fingerprint density at radius 1 is 1.72 bits per heavy atom. The van der Waals surface area contributed by atoms with Crippen molar-refractivity contribution in [1.29, 1.82) is 0 Å². The SMILES string of the molecule is COC1CCN(C(=O)c2sccc2C#CCO)C1. The van der Waals surface area contributed by atoms with Crippen LogP contribution in [0.15, 0.2) is 11.4 Å². The Morgan fingerprint density at radius 2 is 2.56 bits per heavy atom. The molecule has 96 valence electrons. The zero-order valence-electron chi connectivity index (χ0n) is 10.2. The molecule has 1 aromatic rings. The Kier molecular flexibility index (Phi) is 4.37. The van der Waals surface area contributed by atoms with Gasteiger partial charge in [0, 0.05) is 25.8 Å². The van der Waals surface area contributed by atoms with Crippen LogP contribution in [0.1, 0.15) is 21.7 Å². The lowest BCUT2D eigenvalue weighted by Crippen LogP contribution is -2.29. The molecule has 2 rings (SSSR count). The van der Waals surface area contributed by atoms with Gasteiger partial charge in [-0.3, -0.25) is 4.79 Å². The van der Waals surface area contributed by atoms with Crippen molar-refractivity contribution >= 4 is 17.2 Å². The first-order chi connectivity index (χ1) is 8.76. The molecule has 0 spiro atoms. The van der Waals surface area contributed by atoms with Crippen molar-refractivity contribution in [2.24, 2.45) is 0 Å². The number of carbonyl (C=O) groups excluding carboxylic acids is 1. The molecule has 0 aliphatic carbocycles. The third-order valence-corrected chi connectivity index (χ3v) is 3.83. The van der Waals surface area contributed by atoms with E-state index in [2.05, 4.69) is 11.8 Å². The van der Waals surface area contributed by atoms with Crippen LogP contribution in [0.3, 0.4) is 0 Å². The minimum absolute atomic E-state index is 0.00629. The topological polar surface area (TPSA) is 49.8 Å². The van der Waals surface area contributed by atoms with E-state index in [0.717, 1.165) is 13.0 Å². The van der Waals surface area contributed by atoms with Gasteiger partial charge in [0.05, 0.1) is 6.10 Å². The van der Waals surface area contributed by atoms with Gasteiger partial charge in [0.2, 0.25) is 0 Å². The molecule has 1 saturated heterocycles. The Labute approximate surface area is 110 Å². The smallest absolute Gasteiger partial charge is 0.265 e. The van der Waals surface area contributed by atoms with E-state index in [4.69, 9.17) is 9.84 Å². The number of nitrogens with zero attached hydrogens (tertiary/aromatic N) is 1. The van der Waals surface area contributed by atoms with Gasteiger partial charge in [-0.1, -0.05) is 11.8 Å². The minimum Gasteiger partial charge on any atom is -0.384 e. The number of amides is 1. The van der Waals surface area contributed by atoms with E-state index in [9.17, 15) is 4.79 Å². The first-order valence-corrected chi connectivity index (χ1v) is 6.63. The van der Waals surface area contributed by atoms with E-state index in [1.807, 2.05) is 11.4 Å². The predicted molar refractivity (Wildman–Crippen MR) is 69.6 cm³/mol. The van der Waals surface area contributed by atoms with Crippen molar-refractivity contribution in [3.05, 3.63) is 21.9 Å². The highest BCUT2D eigenvalue weighted by Crippen LogP contribution is 2.21. The molecule has 1 amide bonds. The van der Waals surface area contributed by atoms with E-state index in [1.54, 1.807) is 12.0 Å². The molecule has 0 aromatic carbocycles. The van der Waals surface area contributed by atoms with Gasteiger partial charge < -0.3 is 14.7 Å². The molecule has 1 aliphatic heterocycles. The molecule has 18 heavy (non-hydrogen) atoms. The molecule has 1 atom stereocenters. The fourth-order valence-electron chi connectivity index (χ4n) is 1.96. The van der Waals surface area contributed by atoms with Gasteiger partial charge in [0.15, 0.2) is 0 Å². The second-order valence-electron chi connectivity index (χ2n) is 4.02. The molecule has 4 nitrogen and oxygen atoms in total. The van der Waals surface area contributed by atoms with Crippen molar-refractivity contribution < 1.29 is 14.6 Å². The predicted octanol–water partition coefficient (Wildman–Crippen LogP) is 0.953. The van der Waals surface area contributed by atoms with Gasteiger partial charge in [0.1, 0.15) is 11.5 Å². The van der Waals surface area contributed by atoms with E-state index in [1.165, 1.54) is 11.3 Å². The summed E-state index contributed by atoms with van der Waals surface area (Å²) in [5, 5.41) is 10.5. The number of likely N-dealkylation sites (tertiary alicyclic amines) is 1. The van der Waals surface area contributed by atoms with Crippen LogP contribution >= 0.6 is 11.3 Å². The van der Waals surface area contributed by atoms with Crippen LogP contribution in [0.5, 0.6) is 0 Å². The summed E-state index contributed by atoms with van der Waals surface area (Å²) in [5.41, 5.74) is 0.694. The summed E-state index contributed by atoms with van der Waals surface area (Å²) in [4.78, 5) is 14.7. The molecule has 1 aliphatic rings. The first-order valence-electron chi connectivity index (χ1n) is 5.75. The summed E-state index contributed by atoms with van der Waals surface area (Å²) >= 11 is 1.39. The molecule has 1 fully saturated rings. The van der Waals surface area contributed by atoms with Crippen LogP contribution < -0.4 is 0 Å². The van der Waals surface area contributed by atoms with Gasteiger partial charge >= 0.3 is 0 Å². The van der Waals surface area contributed by atoms with E-state index < -0.39 is 0 Å². The average molecular weight is 265 g/mol. The number of thiophene rings is 1. The third-order valence-electron chi connectivity index (χ3n) is 2.93. The Bertz CT molecular complexity index is 486. The van der Waals surface area contributed by atoms with Crippen molar-refractivity contribution in [2.45, 2.75) is 12.5 Å². The Hall–Kier alpha value is -1.35. The standard InChI is InChI=1S/C13H15NO3S/c1-17-11-4-6-14(9-11)13(16)12-10(3-2-7-15)5-8-18-12/h5,8,11,15H,4,6-7,9H2,1H3. The lowest BCUT2D eigenvalue weighted by molar-refractivity contribution is 0.0728. The maximum Gasteiger partial charge on any atom is 0.265 e. The summed E-state index contributed by atoms with van der Waals surface area (Å²) in [6, 6.07) is 1.81. The fraction of sp³-hybridized carbons (Fsp3) is 0.462. The number of methoxy groups -OCH3 is 1. The average Bonchev–Trinajstić information content (AvgIpc) is 3.04. The van der Waals surface area contributed by atoms with Crippen LogP contribution in [0.2, 0.25) is 0 Å². The maximum absolute atomic E-state index is 12.3. The second-order valence-corrected chi connectivity index (χ2v) is 4.94. The number of hydrogen-bond donors (Lipinski definition) is 1. The normalized spacial score (nSPS) is 18.6. The molecule has 0 radical (unpaired) electrons. The molecule has 5 heteroatoms. The van der Waals surface area contributed by atoms with E-state index in [0.29, 0.717) is 17.0 Å². The van der Waals surface area contributed by atoms with Gasteiger partial charge in [-0.05, 0) is 17.9 Å². The van der Waals surface area contributed by atoms with Gasteiger partial charge in [-0.2, -0.15) is 0 Å². The number of hydrogen-bond acceptors (Lipinski definition) is 4. The van der Waals surface area contributed by atoms with Gasteiger partial charge in [0.25, 0.3) is 5.91 Å². The zero-order valence-corrected chi connectivity index (χ0v) is 11.0. The summed E-state index contributed by atoms with van der Waals surface area (Å²) in [6.07, 6.45) is 1.02. The first kappa shape index (κ1) is 13.1. The van der Waals surface area contributed by atoms with Gasteiger partial charge in [-0.15, -0.1) is 11.3 Å². The van der Waals surface area contributed by atoms with Crippen LogP contribution in [-0.2, 0) is 4.74 Å². The molecule has 2 heterocycles.